The first-order chi connectivity index (χ1) is 9.63. The highest BCUT2D eigenvalue weighted by atomic mass is 127. The number of nitrogens with zero attached hydrogens (tertiary/aromatic N) is 1. The molecule has 1 aromatic rings. The van der Waals surface area contributed by atoms with Crippen LogP contribution in [0.15, 0.2) is 29.3 Å². The lowest BCUT2D eigenvalue weighted by Crippen LogP contribution is -2.34. The maximum Gasteiger partial charge on any atom is 0.319 e. The second-order valence-electron chi connectivity index (χ2n) is 4.96. The highest BCUT2D eigenvalue weighted by Gasteiger charge is 2.05. The van der Waals surface area contributed by atoms with Crippen molar-refractivity contribution < 1.29 is 4.79 Å². The quantitative estimate of drug-likeness (QED) is 0.580. The summed E-state index contributed by atoms with van der Waals surface area (Å²) < 4.78 is 0. The Morgan fingerprint density at radius 3 is 2.62 bits per heavy atom. The molecular weight excluding hydrogens is 381 g/mol. The van der Waals surface area contributed by atoms with Gasteiger partial charge in [0.2, 0.25) is 0 Å². The number of rotatable bonds is 4. The zero-order chi connectivity index (χ0) is 14.4. The molecule has 0 fully saturated rings. The fourth-order valence-electron chi connectivity index (χ4n) is 1.84. The molecule has 2 amide bonds. The number of amides is 2. The van der Waals surface area contributed by atoms with Crippen molar-refractivity contribution in [2.75, 3.05) is 18.4 Å². The molecule has 21 heavy (non-hydrogen) atoms. The first-order valence-electron chi connectivity index (χ1n) is 6.82. The van der Waals surface area contributed by atoms with Gasteiger partial charge >= 0.3 is 6.03 Å². The minimum atomic E-state index is -0.185. The lowest BCUT2D eigenvalue weighted by Gasteiger charge is -2.11. The van der Waals surface area contributed by atoms with E-state index in [-0.39, 0.29) is 36.0 Å². The second kappa shape index (κ2) is 8.71. The molecule has 0 saturated heterocycles. The van der Waals surface area contributed by atoms with Crippen molar-refractivity contribution in [1.82, 2.24) is 16.0 Å². The number of carbonyl (C=O) groups excluding carboxylic acids is 1. The Kier molecular flexibility index (Phi) is 7.27. The lowest BCUT2D eigenvalue weighted by molar-refractivity contribution is 0.250. The van der Waals surface area contributed by atoms with Gasteiger partial charge in [-0.3, -0.25) is 4.99 Å². The molecular formula is C14H22IN5O. The van der Waals surface area contributed by atoms with Crippen LogP contribution in [0.25, 0.3) is 0 Å². The van der Waals surface area contributed by atoms with Crippen LogP contribution < -0.4 is 21.3 Å². The molecule has 4 N–H and O–H groups in total. The van der Waals surface area contributed by atoms with Crippen molar-refractivity contribution in [2.24, 2.45) is 4.99 Å². The van der Waals surface area contributed by atoms with Crippen molar-refractivity contribution >= 4 is 41.7 Å². The van der Waals surface area contributed by atoms with Gasteiger partial charge < -0.3 is 21.3 Å². The van der Waals surface area contributed by atoms with Crippen LogP contribution in [0.1, 0.15) is 19.4 Å². The molecule has 2 rings (SSSR count). The lowest BCUT2D eigenvalue weighted by atomic mass is 10.2. The van der Waals surface area contributed by atoms with Crippen LogP contribution in [-0.2, 0) is 6.54 Å². The molecule has 6 nitrogen and oxygen atoms in total. The van der Waals surface area contributed by atoms with Crippen LogP contribution in [0.4, 0.5) is 10.5 Å². The van der Waals surface area contributed by atoms with E-state index in [2.05, 4.69) is 26.3 Å². The molecule has 0 bridgehead atoms. The molecule has 0 atom stereocenters. The molecule has 0 radical (unpaired) electrons. The van der Waals surface area contributed by atoms with Crippen LogP contribution in [0.3, 0.4) is 0 Å². The number of anilines is 1. The topological polar surface area (TPSA) is 77.6 Å². The Hall–Kier alpha value is -1.51. The summed E-state index contributed by atoms with van der Waals surface area (Å²) in [5, 5.41) is 12.0. The number of hydrogen-bond donors (Lipinski definition) is 4. The number of carbonyl (C=O) groups is 1. The Labute approximate surface area is 142 Å². The molecule has 0 spiro atoms. The number of urea groups is 1. The maximum atomic E-state index is 11.5. The largest absolute Gasteiger partial charge is 0.355 e. The van der Waals surface area contributed by atoms with E-state index in [0.717, 1.165) is 30.3 Å². The molecule has 0 aromatic heterocycles. The van der Waals surface area contributed by atoms with Gasteiger partial charge in [-0.2, -0.15) is 0 Å². The second-order valence-corrected chi connectivity index (χ2v) is 4.96. The SMILES string of the molecule is CC(C)NC(=O)Nc1ccc(CNC2=NCCN2)cc1.I. The van der Waals surface area contributed by atoms with Crippen LogP contribution in [-0.4, -0.2) is 31.1 Å². The normalized spacial score (nSPS) is 13.0. The molecule has 0 aliphatic carbocycles. The third-order valence-electron chi connectivity index (χ3n) is 2.77. The zero-order valence-corrected chi connectivity index (χ0v) is 14.6. The van der Waals surface area contributed by atoms with Crippen LogP contribution in [0.2, 0.25) is 0 Å². The molecule has 1 aromatic carbocycles. The Balaban J connectivity index is 0.00000220. The summed E-state index contributed by atoms with van der Waals surface area (Å²) in [7, 11) is 0. The van der Waals surface area contributed by atoms with Gasteiger partial charge in [-0.25, -0.2) is 4.79 Å². The van der Waals surface area contributed by atoms with Crippen molar-refractivity contribution in [2.45, 2.75) is 26.4 Å². The van der Waals surface area contributed by atoms with Crippen molar-refractivity contribution in [3.8, 4) is 0 Å². The minimum Gasteiger partial charge on any atom is -0.355 e. The molecule has 0 unspecified atom stereocenters. The van der Waals surface area contributed by atoms with Gasteiger partial charge in [0, 0.05) is 24.8 Å². The summed E-state index contributed by atoms with van der Waals surface area (Å²) in [5.74, 6) is 0.850. The molecule has 1 aliphatic heterocycles. The molecule has 1 heterocycles. The van der Waals surface area contributed by atoms with Gasteiger partial charge in [-0.05, 0) is 31.5 Å². The highest BCUT2D eigenvalue weighted by Crippen LogP contribution is 2.09. The van der Waals surface area contributed by atoms with E-state index < -0.39 is 0 Å². The number of halogens is 1. The number of aliphatic imine (C=N–C) groups is 1. The summed E-state index contributed by atoms with van der Waals surface area (Å²) in [5.41, 5.74) is 1.92. The Morgan fingerprint density at radius 1 is 1.33 bits per heavy atom. The van der Waals surface area contributed by atoms with Gasteiger partial charge in [0.15, 0.2) is 5.96 Å². The van der Waals surface area contributed by atoms with Crippen molar-refractivity contribution in [1.29, 1.82) is 0 Å². The van der Waals surface area contributed by atoms with Gasteiger partial charge in [-0.1, -0.05) is 12.1 Å². The number of guanidine groups is 1. The Morgan fingerprint density at radius 2 is 2.05 bits per heavy atom. The summed E-state index contributed by atoms with van der Waals surface area (Å²) in [6, 6.07) is 7.68. The van der Waals surface area contributed by atoms with Crippen molar-refractivity contribution in [3.05, 3.63) is 29.8 Å². The number of hydrogen-bond acceptors (Lipinski definition) is 4. The van der Waals surface area contributed by atoms with E-state index in [4.69, 9.17) is 0 Å². The predicted molar refractivity (Wildman–Crippen MR) is 96.3 cm³/mol. The van der Waals surface area contributed by atoms with E-state index in [1.807, 2.05) is 38.1 Å². The Bertz CT molecular complexity index is 487. The average Bonchev–Trinajstić information content (AvgIpc) is 2.90. The first kappa shape index (κ1) is 17.5. The van der Waals surface area contributed by atoms with Crippen LogP contribution in [0.5, 0.6) is 0 Å². The summed E-state index contributed by atoms with van der Waals surface area (Å²) >= 11 is 0. The molecule has 7 heteroatoms. The third kappa shape index (κ3) is 6.19. The molecule has 1 aliphatic rings. The van der Waals surface area contributed by atoms with Crippen molar-refractivity contribution in [3.63, 3.8) is 0 Å². The van der Waals surface area contributed by atoms with E-state index in [0.29, 0.717) is 6.54 Å². The minimum absolute atomic E-state index is 0. The fourth-order valence-corrected chi connectivity index (χ4v) is 1.84. The third-order valence-corrected chi connectivity index (χ3v) is 2.77. The number of benzene rings is 1. The zero-order valence-electron chi connectivity index (χ0n) is 12.3. The van der Waals surface area contributed by atoms with Gasteiger partial charge in [-0.15, -0.1) is 24.0 Å². The smallest absolute Gasteiger partial charge is 0.319 e. The van der Waals surface area contributed by atoms with E-state index in [1.165, 1.54) is 0 Å². The monoisotopic (exact) mass is 403 g/mol. The average molecular weight is 403 g/mol. The molecule has 116 valence electrons. The van der Waals surface area contributed by atoms with Crippen LogP contribution in [0, 0.1) is 0 Å². The highest BCUT2D eigenvalue weighted by molar-refractivity contribution is 14.0. The van der Waals surface area contributed by atoms with E-state index >= 15 is 0 Å². The number of nitrogens with one attached hydrogen (secondary N) is 4. The first-order valence-corrected chi connectivity index (χ1v) is 6.82. The van der Waals surface area contributed by atoms with E-state index in [1.54, 1.807) is 0 Å². The maximum absolute atomic E-state index is 11.5. The standard InChI is InChI=1S/C14H21N5O.HI/c1-10(2)18-14(20)19-12-5-3-11(4-6-12)9-17-13-15-7-8-16-13;/h3-6,10H,7-9H2,1-2H3,(H2,15,16,17)(H2,18,19,20);1H. The van der Waals surface area contributed by atoms with E-state index in [9.17, 15) is 4.79 Å². The van der Waals surface area contributed by atoms with Gasteiger partial charge in [0.1, 0.15) is 0 Å². The predicted octanol–water partition coefficient (Wildman–Crippen LogP) is 1.88. The van der Waals surface area contributed by atoms with Gasteiger partial charge in [0.25, 0.3) is 0 Å². The summed E-state index contributed by atoms with van der Waals surface area (Å²) in [4.78, 5) is 15.8. The van der Waals surface area contributed by atoms with Gasteiger partial charge in [0.05, 0.1) is 6.54 Å². The molecule has 0 saturated carbocycles. The van der Waals surface area contributed by atoms with Crippen LogP contribution >= 0.6 is 24.0 Å². The fraction of sp³-hybridized carbons (Fsp3) is 0.429. The summed E-state index contributed by atoms with van der Waals surface area (Å²) in [6.45, 7) is 6.29. The summed E-state index contributed by atoms with van der Waals surface area (Å²) in [6.07, 6.45) is 0.